The Balaban J connectivity index is 1.53. The minimum absolute atomic E-state index is 1.15. The highest BCUT2D eigenvalue weighted by Crippen LogP contribution is 2.46. The van der Waals surface area contributed by atoms with E-state index in [9.17, 15) is 0 Å². The average Bonchev–Trinajstić information content (AvgIpc) is 3.62. The molecular weight excluding hydrogens is 508 g/mol. The number of nitrogens with zero attached hydrogens (tertiary/aromatic N) is 1. The highest BCUT2D eigenvalue weighted by Gasteiger charge is 2.22. The van der Waals surface area contributed by atoms with Crippen molar-refractivity contribution in [1.82, 2.24) is 9.55 Å². The van der Waals surface area contributed by atoms with Crippen molar-refractivity contribution in [1.29, 1.82) is 0 Å². The zero-order valence-corrected chi connectivity index (χ0v) is 22.9. The first-order valence-electron chi connectivity index (χ1n) is 14.5. The highest BCUT2D eigenvalue weighted by molar-refractivity contribution is 6.37. The van der Waals surface area contributed by atoms with Crippen LogP contribution in [0.15, 0.2) is 152 Å². The Hall–Kier alpha value is -5.60. The van der Waals surface area contributed by atoms with Crippen molar-refractivity contribution in [3.63, 3.8) is 0 Å². The van der Waals surface area contributed by atoms with Crippen molar-refractivity contribution in [2.24, 2.45) is 0 Å². The topological polar surface area (TPSA) is 20.7 Å². The third-order valence-corrected chi connectivity index (χ3v) is 8.70. The maximum Gasteiger partial charge on any atom is 0.0627 e. The van der Waals surface area contributed by atoms with Crippen LogP contribution in [0.2, 0.25) is 0 Å². The van der Waals surface area contributed by atoms with Gasteiger partial charge in [-0.05, 0) is 58.7 Å². The van der Waals surface area contributed by atoms with Crippen LogP contribution in [-0.4, -0.2) is 9.55 Å². The normalized spacial score (nSPS) is 11.8. The van der Waals surface area contributed by atoms with E-state index in [4.69, 9.17) is 0 Å². The molecule has 2 nitrogen and oxygen atoms in total. The molecule has 0 bridgehead atoms. The molecule has 2 heterocycles. The van der Waals surface area contributed by atoms with Crippen LogP contribution in [-0.2, 0) is 0 Å². The Kier molecular flexibility index (Phi) is 4.93. The smallest absolute Gasteiger partial charge is 0.0627 e. The molecular formula is C40H26N2. The summed E-state index contributed by atoms with van der Waals surface area (Å²) < 4.78 is 2.46. The van der Waals surface area contributed by atoms with Crippen molar-refractivity contribution < 1.29 is 0 Å². The molecule has 2 heteroatoms. The predicted octanol–water partition coefficient (Wildman–Crippen LogP) is 10.9. The van der Waals surface area contributed by atoms with E-state index in [2.05, 4.69) is 161 Å². The van der Waals surface area contributed by atoms with Crippen molar-refractivity contribution in [2.75, 3.05) is 0 Å². The fraction of sp³-hybridized carbons (Fsp3) is 0. The van der Waals surface area contributed by atoms with Crippen LogP contribution in [0.5, 0.6) is 0 Å². The molecule has 9 rings (SSSR count). The van der Waals surface area contributed by atoms with Crippen molar-refractivity contribution >= 4 is 54.4 Å². The quantitative estimate of drug-likeness (QED) is 0.233. The monoisotopic (exact) mass is 534 g/mol. The summed E-state index contributed by atoms with van der Waals surface area (Å²) in [6.07, 6.45) is 0. The lowest BCUT2D eigenvalue weighted by atomic mass is 9.96. The number of benzene rings is 7. The fourth-order valence-electron chi connectivity index (χ4n) is 6.83. The second-order valence-corrected chi connectivity index (χ2v) is 11.0. The lowest BCUT2D eigenvalue weighted by Gasteiger charge is -2.11. The van der Waals surface area contributed by atoms with Crippen molar-refractivity contribution in [3.8, 4) is 27.9 Å². The molecule has 0 aliphatic carbocycles. The summed E-state index contributed by atoms with van der Waals surface area (Å²) in [6.45, 7) is 0. The lowest BCUT2D eigenvalue weighted by molar-refractivity contribution is 1.19. The zero-order chi connectivity index (χ0) is 27.6. The Morgan fingerprint density at radius 3 is 1.67 bits per heavy atom. The molecule has 0 radical (unpaired) electrons. The molecule has 0 atom stereocenters. The van der Waals surface area contributed by atoms with Crippen LogP contribution < -0.4 is 0 Å². The molecule has 0 saturated carbocycles. The van der Waals surface area contributed by atoms with Crippen LogP contribution in [0.4, 0.5) is 0 Å². The van der Waals surface area contributed by atoms with Gasteiger partial charge in [0.2, 0.25) is 0 Å². The number of hydrogen-bond donors (Lipinski definition) is 1. The number of H-pyrrole nitrogens is 1. The number of nitrogens with one attached hydrogen (secondary N) is 1. The molecule has 2 aromatic heterocycles. The minimum Gasteiger partial charge on any atom is -0.354 e. The number of para-hydroxylation sites is 1. The summed E-state index contributed by atoms with van der Waals surface area (Å²) >= 11 is 0. The maximum absolute atomic E-state index is 3.84. The second-order valence-electron chi connectivity index (χ2n) is 11.0. The summed E-state index contributed by atoms with van der Waals surface area (Å²) in [5, 5.41) is 7.56. The molecule has 0 unspecified atom stereocenters. The van der Waals surface area contributed by atoms with Gasteiger partial charge < -0.3 is 9.55 Å². The van der Waals surface area contributed by atoms with Gasteiger partial charge in [0.1, 0.15) is 0 Å². The maximum atomic E-state index is 3.84. The van der Waals surface area contributed by atoms with E-state index in [0.29, 0.717) is 0 Å². The number of fused-ring (bicyclic) bond motifs is 10. The van der Waals surface area contributed by atoms with Crippen molar-refractivity contribution in [2.45, 2.75) is 0 Å². The molecule has 0 aliphatic rings. The van der Waals surface area contributed by atoms with Gasteiger partial charge in [-0.1, -0.05) is 115 Å². The van der Waals surface area contributed by atoms with E-state index in [1.807, 2.05) is 0 Å². The van der Waals surface area contributed by atoms with Crippen LogP contribution >= 0.6 is 0 Å². The van der Waals surface area contributed by atoms with E-state index < -0.39 is 0 Å². The van der Waals surface area contributed by atoms with Gasteiger partial charge in [-0.15, -0.1) is 0 Å². The van der Waals surface area contributed by atoms with Gasteiger partial charge in [-0.2, -0.15) is 0 Å². The van der Waals surface area contributed by atoms with Crippen LogP contribution in [0.3, 0.4) is 0 Å². The largest absolute Gasteiger partial charge is 0.354 e. The average molecular weight is 535 g/mol. The van der Waals surface area contributed by atoms with Gasteiger partial charge >= 0.3 is 0 Å². The standard InChI is InChI=1S/C40H26N2/c1-4-12-26(13-5-1)28-20-22-35-33(24-28)37-38-34-25-29(27-14-6-2-7-15-27)21-23-36(34)42(30-16-8-3-9-17-30)40(38)32-19-11-10-18-31(32)39(37)41-35/h1-25,41H. The van der Waals surface area contributed by atoms with E-state index in [1.165, 1.54) is 76.8 Å². The molecule has 0 spiro atoms. The predicted molar refractivity (Wildman–Crippen MR) is 179 cm³/mol. The highest BCUT2D eigenvalue weighted by atomic mass is 15.0. The molecule has 0 amide bonds. The Morgan fingerprint density at radius 1 is 0.405 bits per heavy atom. The van der Waals surface area contributed by atoms with Crippen molar-refractivity contribution in [3.05, 3.63) is 152 Å². The van der Waals surface area contributed by atoms with E-state index in [0.717, 1.165) is 5.52 Å². The second kappa shape index (κ2) is 8.95. The van der Waals surface area contributed by atoms with Gasteiger partial charge in [-0.25, -0.2) is 0 Å². The Bertz CT molecular complexity index is 2430. The Morgan fingerprint density at radius 2 is 0.976 bits per heavy atom. The summed E-state index contributed by atoms with van der Waals surface area (Å²) in [5.74, 6) is 0. The summed E-state index contributed by atoms with van der Waals surface area (Å²) in [5.41, 5.74) is 10.9. The first kappa shape index (κ1) is 23.1. The molecule has 0 saturated heterocycles. The molecule has 196 valence electrons. The van der Waals surface area contributed by atoms with Crippen LogP contribution in [0, 0.1) is 0 Å². The minimum atomic E-state index is 1.15. The van der Waals surface area contributed by atoms with E-state index in [-0.39, 0.29) is 0 Å². The SMILES string of the molecule is c1ccc(-c2ccc3[nH]c4c5ccccc5c5c(c6cc(-c7ccccc7)ccc6n5-c5ccccc5)c4c3c2)cc1. The zero-order valence-electron chi connectivity index (χ0n) is 22.9. The van der Waals surface area contributed by atoms with E-state index >= 15 is 0 Å². The van der Waals surface area contributed by atoms with Gasteiger partial charge in [0.25, 0.3) is 0 Å². The molecule has 0 fully saturated rings. The molecule has 1 N–H and O–H groups in total. The van der Waals surface area contributed by atoms with Gasteiger partial charge in [0.15, 0.2) is 0 Å². The first-order valence-corrected chi connectivity index (χ1v) is 14.5. The lowest BCUT2D eigenvalue weighted by Crippen LogP contribution is -1.94. The van der Waals surface area contributed by atoms with Crippen LogP contribution in [0.1, 0.15) is 0 Å². The van der Waals surface area contributed by atoms with Crippen LogP contribution in [0.25, 0.3) is 82.3 Å². The molecule has 42 heavy (non-hydrogen) atoms. The van der Waals surface area contributed by atoms with Gasteiger partial charge in [-0.3, -0.25) is 0 Å². The summed E-state index contributed by atoms with van der Waals surface area (Å²) in [4.78, 5) is 3.84. The Labute approximate surface area is 243 Å². The number of rotatable bonds is 3. The number of aromatic nitrogens is 2. The third-order valence-electron chi connectivity index (χ3n) is 8.70. The van der Waals surface area contributed by atoms with Gasteiger partial charge in [0, 0.05) is 43.5 Å². The summed E-state index contributed by atoms with van der Waals surface area (Å²) in [6, 6.07) is 54.8. The third kappa shape index (κ3) is 3.33. The van der Waals surface area contributed by atoms with E-state index in [1.54, 1.807) is 0 Å². The number of aromatic amines is 1. The fourth-order valence-corrected chi connectivity index (χ4v) is 6.83. The van der Waals surface area contributed by atoms with Gasteiger partial charge in [0.05, 0.1) is 16.6 Å². The first-order chi connectivity index (χ1) is 20.8. The number of hydrogen-bond acceptors (Lipinski definition) is 0. The molecule has 9 aromatic rings. The molecule has 7 aromatic carbocycles. The molecule has 0 aliphatic heterocycles. The summed E-state index contributed by atoms with van der Waals surface area (Å²) in [7, 11) is 0.